The predicted octanol–water partition coefficient (Wildman–Crippen LogP) is 10.4. The van der Waals surface area contributed by atoms with E-state index in [1.54, 1.807) is 20.4 Å². The highest BCUT2D eigenvalue weighted by atomic mass is 35.5. The Morgan fingerprint density at radius 2 is 1.40 bits per heavy atom. The van der Waals surface area contributed by atoms with Crippen molar-refractivity contribution in [3.05, 3.63) is 161 Å². The van der Waals surface area contributed by atoms with E-state index in [1.165, 1.54) is 5.56 Å². The van der Waals surface area contributed by atoms with Crippen LogP contribution in [0.25, 0.3) is 21.9 Å². The Morgan fingerprint density at radius 3 is 2.13 bits per heavy atom. The zero-order valence-electron chi connectivity index (χ0n) is 27.3. The molecule has 0 saturated heterocycles. The zero-order chi connectivity index (χ0) is 33.0. The van der Waals surface area contributed by atoms with Gasteiger partial charge in [0.25, 0.3) is 0 Å². The van der Waals surface area contributed by atoms with E-state index in [2.05, 4.69) is 80.6 Å². The van der Waals surface area contributed by atoms with Crippen LogP contribution in [0.4, 0.5) is 0 Å². The Balaban J connectivity index is 1.60. The van der Waals surface area contributed by atoms with E-state index in [1.807, 2.05) is 60.7 Å². The van der Waals surface area contributed by atoms with Gasteiger partial charge in [-0.05, 0) is 69.5 Å². The molecule has 5 heteroatoms. The number of hydrogen-bond donors (Lipinski definition) is 1. The average molecular weight is 642 g/mol. The largest absolute Gasteiger partial charge is 0.495 e. The third-order valence-electron chi connectivity index (χ3n) is 9.42. The summed E-state index contributed by atoms with van der Waals surface area (Å²) in [5.74, 6) is 0.513. The van der Waals surface area contributed by atoms with Crippen LogP contribution >= 0.6 is 11.6 Å². The van der Waals surface area contributed by atoms with Crippen LogP contribution in [0, 0.1) is 0 Å². The lowest BCUT2D eigenvalue weighted by Crippen LogP contribution is -2.37. The molecule has 0 aliphatic carbocycles. The monoisotopic (exact) mass is 641 g/mol. The molecule has 2 unspecified atom stereocenters. The molecule has 6 aromatic rings. The van der Waals surface area contributed by atoms with Crippen molar-refractivity contribution in [2.45, 2.75) is 43.6 Å². The standard InChI is InChI=1S/C42H40ClNO3/c1-41(2,33-18-9-6-10-19-33)24-25-42(45,36-21-13-17-29-14-11-12-20-34(29)36)39(30-15-7-5-8-16-30)35-26-32(28-44-40(35)47-4)31-22-23-37(43)38(27-31)46-3/h5-23,26-28,39,45H,24-25H2,1-4H3. The third-order valence-corrected chi connectivity index (χ3v) is 9.73. The van der Waals surface area contributed by atoms with Gasteiger partial charge in [-0.15, -0.1) is 0 Å². The summed E-state index contributed by atoms with van der Waals surface area (Å²) in [5.41, 5.74) is 4.05. The van der Waals surface area contributed by atoms with E-state index in [0.717, 1.165) is 45.0 Å². The first kappa shape index (κ1) is 32.3. The van der Waals surface area contributed by atoms with Crippen molar-refractivity contribution in [1.82, 2.24) is 4.98 Å². The summed E-state index contributed by atoms with van der Waals surface area (Å²) in [7, 11) is 3.24. The second-order valence-corrected chi connectivity index (χ2v) is 13.1. The summed E-state index contributed by atoms with van der Waals surface area (Å²) in [5, 5.41) is 16.3. The van der Waals surface area contributed by atoms with Crippen LogP contribution in [0.15, 0.2) is 134 Å². The second kappa shape index (κ2) is 13.6. The molecular formula is C42H40ClNO3. The Morgan fingerprint density at radius 1 is 0.723 bits per heavy atom. The van der Waals surface area contributed by atoms with Crippen LogP contribution < -0.4 is 9.47 Å². The Kier molecular flexibility index (Phi) is 9.35. The van der Waals surface area contributed by atoms with Crippen LogP contribution in [-0.4, -0.2) is 24.3 Å². The maximum Gasteiger partial charge on any atom is 0.217 e. The van der Waals surface area contributed by atoms with E-state index in [0.29, 0.717) is 23.1 Å². The summed E-state index contributed by atoms with van der Waals surface area (Å²) in [6, 6.07) is 43.0. The fourth-order valence-corrected chi connectivity index (χ4v) is 6.97. The van der Waals surface area contributed by atoms with Gasteiger partial charge in [-0.25, -0.2) is 4.98 Å². The molecule has 0 fully saturated rings. The number of rotatable bonds is 11. The highest BCUT2D eigenvalue weighted by Gasteiger charge is 2.44. The van der Waals surface area contributed by atoms with Crippen molar-refractivity contribution in [3.63, 3.8) is 0 Å². The van der Waals surface area contributed by atoms with Gasteiger partial charge in [0, 0.05) is 23.2 Å². The van der Waals surface area contributed by atoms with E-state index < -0.39 is 11.5 Å². The first-order valence-electron chi connectivity index (χ1n) is 15.9. The van der Waals surface area contributed by atoms with Crippen LogP contribution in [0.1, 0.15) is 54.9 Å². The van der Waals surface area contributed by atoms with Crippen LogP contribution in [0.5, 0.6) is 11.6 Å². The normalized spacial score (nSPS) is 13.6. The molecular weight excluding hydrogens is 602 g/mol. The second-order valence-electron chi connectivity index (χ2n) is 12.7. The van der Waals surface area contributed by atoms with Gasteiger partial charge in [-0.1, -0.05) is 135 Å². The van der Waals surface area contributed by atoms with Gasteiger partial charge < -0.3 is 14.6 Å². The molecule has 1 aromatic heterocycles. The molecule has 0 bridgehead atoms. The van der Waals surface area contributed by atoms with Gasteiger partial charge in [-0.3, -0.25) is 0 Å². The summed E-state index contributed by atoms with van der Waals surface area (Å²) < 4.78 is 11.5. The molecule has 1 heterocycles. The maximum atomic E-state index is 13.6. The Bertz CT molecular complexity index is 1970. The molecule has 0 radical (unpaired) electrons. The number of nitrogens with zero attached hydrogens (tertiary/aromatic N) is 1. The molecule has 238 valence electrons. The molecule has 6 rings (SSSR count). The summed E-state index contributed by atoms with van der Waals surface area (Å²) >= 11 is 6.39. The van der Waals surface area contributed by atoms with Crippen molar-refractivity contribution in [3.8, 4) is 22.8 Å². The molecule has 1 N–H and O–H groups in total. The number of ether oxygens (including phenoxy) is 2. The number of aromatic nitrogens is 1. The molecule has 4 nitrogen and oxygen atoms in total. The van der Waals surface area contributed by atoms with Gasteiger partial charge >= 0.3 is 0 Å². The summed E-state index contributed by atoms with van der Waals surface area (Å²) in [6.07, 6.45) is 3.00. The van der Waals surface area contributed by atoms with Crippen LogP contribution in [0.3, 0.4) is 0 Å². The topological polar surface area (TPSA) is 51.6 Å². The number of hydrogen-bond acceptors (Lipinski definition) is 4. The van der Waals surface area contributed by atoms with Gasteiger partial charge in [0.05, 0.1) is 19.2 Å². The molecule has 0 amide bonds. The number of pyridine rings is 1. The first-order valence-corrected chi connectivity index (χ1v) is 16.3. The summed E-state index contributed by atoms with van der Waals surface area (Å²) in [6.45, 7) is 4.50. The van der Waals surface area contributed by atoms with Crippen LogP contribution in [0.2, 0.25) is 5.02 Å². The van der Waals surface area contributed by atoms with E-state index in [4.69, 9.17) is 26.1 Å². The lowest BCUT2D eigenvalue weighted by molar-refractivity contribution is 0.00423. The van der Waals surface area contributed by atoms with Crippen molar-refractivity contribution >= 4 is 22.4 Å². The van der Waals surface area contributed by atoms with E-state index >= 15 is 0 Å². The Hall–Kier alpha value is -4.64. The quantitative estimate of drug-likeness (QED) is 0.153. The van der Waals surface area contributed by atoms with Gasteiger partial charge in [0.1, 0.15) is 11.4 Å². The fraction of sp³-hybridized carbons (Fsp3) is 0.214. The third kappa shape index (κ3) is 6.49. The lowest BCUT2D eigenvalue weighted by Gasteiger charge is -2.41. The number of fused-ring (bicyclic) bond motifs is 1. The minimum Gasteiger partial charge on any atom is -0.495 e. The lowest BCUT2D eigenvalue weighted by atomic mass is 9.67. The molecule has 0 aliphatic rings. The van der Waals surface area contributed by atoms with Crippen molar-refractivity contribution in [1.29, 1.82) is 0 Å². The van der Waals surface area contributed by atoms with Crippen molar-refractivity contribution < 1.29 is 14.6 Å². The average Bonchev–Trinajstić information content (AvgIpc) is 3.11. The SMILES string of the molecule is COc1cc(-c2cnc(OC)c(C(c3ccccc3)C(O)(CCC(C)(C)c3ccccc3)c3cccc4ccccc34)c2)ccc1Cl. The molecule has 0 aliphatic heterocycles. The molecule has 5 aromatic carbocycles. The molecule has 0 spiro atoms. The number of benzene rings is 5. The van der Waals surface area contributed by atoms with Gasteiger partial charge in [-0.2, -0.15) is 0 Å². The van der Waals surface area contributed by atoms with E-state index in [9.17, 15) is 5.11 Å². The first-order chi connectivity index (χ1) is 22.7. The van der Waals surface area contributed by atoms with Crippen molar-refractivity contribution in [2.24, 2.45) is 0 Å². The zero-order valence-corrected chi connectivity index (χ0v) is 28.0. The number of aliphatic hydroxyl groups is 1. The minimum absolute atomic E-state index is 0.203. The van der Waals surface area contributed by atoms with Gasteiger partial charge in [0.15, 0.2) is 0 Å². The molecule has 0 saturated carbocycles. The van der Waals surface area contributed by atoms with Crippen LogP contribution in [-0.2, 0) is 11.0 Å². The van der Waals surface area contributed by atoms with Crippen molar-refractivity contribution in [2.75, 3.05) is 14.2 Å². The highest BCUT2D eigenvalue weighted by molar-refractivity contribution is 6.32. The number of halogens is 1. The molecule has 47 heavy (non-hydrogen) atoms. The van der Waals surface area contributed by atoms with E-state index in [-0.39, 0.29) is 5.41 Å². The van der Waals surface area contributed by atoms with Gasteiger partial charge in [0.2, 0.25) is 5.88 Å². The predicted molar refractivity (Wildman–Crippen MR) is 193 cm³/mol. The highest BCUT2D eigenvalue weighted by Crippen LogP contribution is 2.51. The smallest absolute Gasteiger partial charge is 0.217 e. The maximum absolute atomic E-state index is 13.6. The summed E-state index contributed by atoms with van der Waals surface area (Å²) in [4.78, 5) is 4.82. The molecule has 2 atom stereocenters. The Labute approximate surface area is 282 Å². The number of methoxy groups -OCH3 is 2. The minimum atomic E-state index is -1.36. The fourth-order valence-electron chi connectivity index (χ4n) is 6.78.